The minimum Gasteiger partial charge on any atom is -0.489 e. The summed E-state index contributed by atoms with van der Waals surface area (Å²) in [5.74, 6) is 0.761. The molecule has 0 radical (unpaired) electrons. The highest BCUT2D eigenvalue weighted by Gasteiger charge is 2.09. The smallest absolute Gasteiger partial charge is 0.121 e. The predicted octanol–water partition coefficient (Wildman–Crippen LogP) is 5.06. The molecule has 0 saturated carbocycles. The van der Waals surface area contributed by atoms with Crippen molar-refractivity contribution in [3.8, 4) is 5.75 Å². The van der Waals surface area contributed by atoms with Crippen molar-refractivity contribution in [2.24, 2.45) is 7.05 Å². The molecule has 2 aromatic carbocycles. The number of benzene rings is 2. The predicted molar refractivity (Wildman–Crippen MR) is 83.7 cm³/mol. The monoisotopic (exact) mass is 305 g/mol. The number of aromatic nitrogens is 1. The molecule has 4 heteroatoms. The lowest BCUT2D eigenvalue weighted by molar-refractivity contribution is 0.307. The number of fused-ring (bicyclic) bond motifs is 1. The maximum Gasteiger partial charge on any atom is 0.121 e. The molecule has 1 heterocycles. The normalized spacial score (nSPS) is 10.9. The number of ether oxygens (including phenoxy) is 1. The Morgan fingerprint density at radius 1 is 1.10 bits per heavy atom. The molecule has 102 valence electrons. The number of hydrogen-bond donors (Lipinski definition) is 0. The zero-order valence-electron chi connectivity index (χ0n) is 10.9. The molecule has 0 aliphatic carbocycles. The average molecular weight is 306 g/mol. The molecule has 1 aromatic heterocycles. The summed E-state index contributed by atoms with van der Waals surface area (Å²) in [6.07, 6.45) is 2.04. The second-order valence-corrected chi connectivity index (χ2v) is 5.49. The minimum absolute atomic E-state index is 0.484. The van der Waals surface area contributed by atoms with Gasteiger partial charge in [-0.25, -0.2) is 0 Å². The summed E-state index contributed by atoms with van der Waals surface area (Å²) in [4.78, 5) is 0. The van der Waals surface area contributed by atoms with Gasteiger partial charge in [0, 0.05) is 29.2 Å². The van der Waals surface area contributed by atoms with Crippen LogP contribution in [0.4, 0.5) is 0 Å². The lowest BCUT2D eigenvalue weighted by Crippen LogP contribution is -1.94. The first kappa shape index (κ1) is 13.3. The summed E-state index contributed by atoms with van der Waals surface area (Å²) in [6, 6.07) is 13.3. The number of nitrogens with zero attached hydrogens (tertiary/aromatic N) is 1. The van der Waals surface area contributed by atoms with E-state index in [1.807, 2.05) is 48.1 Å². The van der Waals surface area contributed by atoms with Crippen LogP contribution in [0.2, 0.25) is 10.0 Å². The van der Waals surface area contributed by atoms with Crippen LogP contribution in [0.1, 0.15) is 5.56 Å². The Hall–Kier alpha value is -1.64. The summed E-state index contributed by atoms with van der Waals surface area (Å²) < 4.78 is 7.82. The SMILES string of the molecule is Cn1cc(COc2cccc(Cl)c2)c2cccc(Cl)c21. The molecule has 0 N–H and O–H groups in total. The highest BCUT2D eigenvalue weighted by atomic mass is 35.5. The fourth-order valence-corrected chi connectivity index (χ4v) is 2.82. The van der Waals surface area contributed by atoms with Crippen LogP contribution < -0.4 is 4.74 Å². The van der Waals surface area contributed by atoms with Crippen molar-refractivity contribution >= 4 is 34.1 Å². The zero-order valence-corrected chi connectivity index (χ0v) is 12.4. The maximum absolute atomic E-state index is 6.23. The van der Waals surface area contributed by atoms with Crippen molar-refractivity contribution in [3.63, 3.8) is 0 Å². The molecule has 0 unspecified atom stereocenters. The average Bonchev–Trinajstić information content (AvgIpc) is 2.75. The highest BCUT2D eigenvalue weighted by Crippen LogP contribution is 2.28. The molecular formula is C16H13Cl2NO. The van der Waals surface area contributed by atoms with Crippen LogP contribution in [0.15, 0.2) is 48.7 Å². The van der Waals surface area contributed by atoms with E-state index in [1.54, 1.807) is 6.07 Å². The number of aryl methyl sites for hydroxylation is 1. The Morgan fingerprint density at radius 2 is 1.90 bits per heavy atom. The van der Waals surface area contributed by atoms with Crippen LogP contribution in [0.25, 0.3) is 10.9 Å². The largest absolute Gasteiger partial charge is 0.489 e. The molecular weight excluding hydrogens is 293 g/mol. The Labute approximate surface area is 127 Å². The first-order valence-electron chi connectivity index (χ1n) is 6.26. The molecule has 20 heavy (non-hydrogen) atoms. The van der Waals surface area contributed by atoms with E-state index < -0.39 is 0 Å². The second kappa shape index (κ2) is 5.39. The zero-order chi connectivity index (χ0) is 14.1. The van der Waals surface area contributed by atoms with Crippen molar-refractivity contribution in [3.05, 3.63) is 64.3 Å². The molecule has 0 atom stereocenters. The van der Waals surface area contributed by atoms with Crippen LogP contribution in [0, 0.1) is 0 Å². The fraction of sp³-hybridized carbons (Fsp3) is 0.125. The molecule has 0 saturated heterocycles. The third-order valence-corrected chi connectivity index (χ3v) is 3.77. The van der Waals surface area contributed by atoms with Crippen molar-refractivity contribution in [1.29, 1.82) is 0 Å². The Balaban J connectivity index is 1.90. The van der Waals surface area contributed by atoms with Gasteiger partial charge >= 0.3 is 0 Å². The van der Waals surface area contributed by atoms with Crippen molar-refractivity contribution < 1.29 is 4.74 Å². The number of hydrogen-bond acceptors (Lipinski definition) is 1. The number of halogens is 2. The van der Waals surface area contributed by atoms with Gasteiger partial charge in [-0.1, -0.05) is 41.4 Å². The van der Waals surface area contributed by atoms with Crippen molar-refractivity contribution in [1.82, 2.24) is 4.57 Å². The standard InChI is InChI=1S/C16H13Cl2NO/c1-19-9-11(14-6-3-7-15(18)16(14)19)10-20-13-5-2-4-12(17)8-13/h2-9H,10H2,1H3. The molecule has 3 rings (SSSR count). The molecule has 2 nitrogen and oxygen atoms in total. The van der Waals surface area contributed by atoms with E-state index in [-0.39, 0.29) is 0 Å². The molecule has 0 aliphatic heterocycles. The van der Waals surface area contributed by atoms with Gasteiger partial charge in [0.05, 0.1) is 10.5 Å². The van der Waals surface area contributed by atoms with Gasteiger partial charge in [-0.05, 0) is 24.3 Å². The van der Waals surface area contributed by atoms with Gasteiger partial charge in [-0.3, -0.25) is 0 Å². The Bertz CT molecular complexity index is 764. The van der Waals surface area contributed by atoms with Crippen LogP contribution in [0.5, 0.6) is 5.75 Å². The molecule has 0 amide bonds. The third-order valence-electron chi connectivity index (χ3n) is 3.23. The third kappa shape index (κ3) is 2.49. The lowest BCUT2D eigenvalue weighted by atomic mass is 10.2. The molecule has 0 bridgehead atoms. The topological polar surface area (TPSA) is 14.2 Å². The first-order valence-corrected chi connectivity index (χ1v) is 7.01. The van der Waals surface area contributed by atoms with Crippen LogP contribution in [0.3, 0.4) is 0 Å². The molecule has 0 spiro atoms. The Kier molecular flexibility index (Phi) is 3.60. The van der Waals surface area contributed by atoms with E-state index in [9.17, 15) is 0 Å². The van der Waals surface area contributed by atoms with E-state index in [0.717, 1.165) is 27.2 Å². The van der Waals surface area contributed by atoms with E-state index in [0.29, 0.717) is 11.6 Å². The van der Waals surface area contributed by atoms with Gasteiger partial charge in [0.25, 0.3) is 0 Å². The molecule has 0 fully saturated rings. The fourth-order valence-electron chi connectivity index (χ4n) is 2.33. The van der Waals surface area contributed by atoms with Gasteiger partial charge in [-0.15, -0.1) is 0 Å². The van der Waals surface area contributed by atoms with Gasteiger partial charge in [0.2, 0.25) is 0 Å². The van der Waals surface area contributed by atoms with Crippen LogP contribution >= 0.6 is 23.2 Å². The van der Waals surface area contributed by atoms with E-state index in [2.05, 4.69) is 6.07 Å². The summed E-state index contributed by atoms with van der Waals surface area (Å²) in [5, 5.41) is 2.53. The van der Waals surface area contributed by atoms with E-state index in [4.69, 9.17) is 27.9 Å². The van der Waals surface area contributed by atoms with Gasteiger partial charge < -0.3 is 9.30 Å². The summed E-state index contributed by atoms with van der Waals surface area (Å²) in [6.45, 7) is 0.484. The summed E-state index contributed by atoms with van der Waals surface area (Å²) in [5.41, 5.74) is 2.13. The minimum atomic E-state index is 0.484. The Morgan fingerprint density at radius 3 is 2.70 bits per heavy atom. The van der Waals surface area contributed by atoms with Gasteiger partial charge in [0.15, 0.2) is 0 Å². The maximum atomic E-state index is 6.23. The van der Waals surface area contributed by atoms with E-state index >= 15 is 0 Å². The summed E-state index contributed by atoms with van der Waals surface area (Å²) in [7, 11) is 1.98. The van der Waals surface area contributed by atoms with Crippen LogP contribution in [-0.4, -0.2) is 4.57 Å². The highest BCUT2D eigenvalue weighted by molar-refractivity contribution is 6.35. The quantitative estimate of drug-likeness (QED) is 0.659. The number of para-hydroxylation sites is 1. The first-order chi connectivity index (χ1) is 9.65. The van der Waals surface area contributed by atoms with Crippen molar-refractivity contribution in [2.45, 2.75) is 6.61 Å². The second-order valence-electron chi connectivity index (χ2n) is 4.65. The molecule has 3 aromatic rings. The number of rotatable bonds is 3. The summed E-state index contributed by atoms with van der Waals surface area (Å²) >= 11 is 12.2. The molecule has 0 aliphatic rings. The van der Waals surface area contributed by atoms with E-state index in [1.165, 1.54) is 0 Å². The van der Waals surface area contributed by atoms with Crippen molar-refractivity contribution in [2.75, 3.05) is 0 Å². The lowest BCUT2D eigenvalue weighted by Gasteiger charge is -2.05. The van der Waals surface area contributed by atoms with Gasteiger partial charge in [0.1, 0.15) is 12.4 Å². The van der Waals surface area contributed by atoms with Gasteiger partial charge in [-0.2, -0.15) is 0 Å². The van der Waals surface area contributed by atoms with Crippen LogP contribution in [-0.2, 0) is 13.7 Å².